The molecule has 3 rings (SSSR count). The van der Waals surface area contributed by atoms with E-state index in [9.17, 15) is 9.59 Å². The Morgan fingerprint density at radius 2 is 1.80 bits per heavy atom. The highest BCUT2D eigenvalue weighted by Crippen LogP contribution is 2.26. The first-order valence-corrected chi connectivity index (χ1v) is 8.50. The summed E-state index contributed by atoms with van der Waals surface area (Å²) < 4.78 is 6.79. The Bertz CT molecular complexity index is 766. The lowest BCUT2D eigenvalue weighted by Crippen LogP contribution is -2.50. The van der Waals surface area contributed by atoms with Crippen molar-refractivity contribution in [3.05, 3.63) is 53.3 Å². The summed E-state index contributed by atoms with van der Waals surface area (Å²) in [5.74, 6) is -0.670. The van der Waals surface area contributed by atoms with Crippen molar-refractivity contribution in [3.8, 4) is 0 Å². The number of carbonyl (C=O) groups excluding carboxylic acids is 2. The zero-order chi connectivity index (χ0) is 17.8. The van der Waals surface area contributed by atoms with Gasteiger partial charge in [-0.15, -0.1) is 0 Å². The molecule has 2 heterocycles. The molecule has 132 valence electrons. The van der Waals surface area contributed by atoms with Crippen molar-refractivity contribution in [2.45, 2.75) is 0 Å². The van der Waals surface area contributed by atoms with E-state index in [-0.39, 0.29) is 12.5 Å². The number of aryl methyl sites for hydroxylation is 1. The van der Waals surface area contributed by atoms with Crippen LogP contribution in [0.1, 0.15) is 10.5 Å². The van der Waals surface area contributed by atoms with Crippen LogP contribution in [0.4, 0.5) is 5.69 Å². The van der Waals surface area contributed by atoms with Crippen LogP contribution in [0.2, 0.25) is 5.02 Å². The van der Waals surface area contributed by atoms with Crippen LogP contribution in [-0.4, -0.2) is 54.1 Å². The SMILES string of the molecule is Cn1cccc1C(=O)OCC(=O)N1CCN(c2ccccc2Cl)CC1. The number of para-hydroxylation sites is 1. The second-order valence-electron chi connectivity index (χ2n) is 5.90. The van der Waals surface area contributed by atoms with E-state index in [2.05, 4.69) is 4.90 Å². The molecule has 0 radical (unpaired) electrons. The quantitative estimate of drug-likeness (QED) is 0.783. The van der Waals surface area contributed by atoms with Crippen LogP contribution in [-0.2, 0) is 16.6 Å². The van der Waals surface area contributed by atoms with E-state index in [0.717, 1.165) is 5.69 Å². The van der Waals surface area contributed by atoms with Crippen LogP contribution in [0.15, 0.2) is 42.6 Å². The maximum absolute atomic E-state index is 12.3. The fourth-order valence-electron chi connectivity index (χ4n) is 2.87. The maximum Gasteiger partial charge on any atom is 0.355 e. The van der Waals surface area contributed by atoms with Gasteiger partial charge in [0.2, 0.25) is 0 Å². The van der Waals surface area contributed by atoms with E-state index in [0.29, 0.717) is 36.9 Å². The summed E-state index contributed by atoms with van der Waals surface area (Å²) in [7, 11) is 1.76. The van der Waals surface area contributed by atoms with Crippen LogP contribution in [0.5, 0.6) is 0 Å². The van der Waals surface area contributed by atoms with Crippen LogP contribution in [0.3, 0.4) is 0 Å². The molecule has 0 spiro atoms. The van der Waals surface area contributed by atoms with Crippen LogP contribution >= 0.6 is 11.6 Å². The third-order valence-corrected chi connectivity index (χ3v) is 4.62. The van der Waals surface area contributed by atoms with Gasteiger partial charge in [0.15, 0.2) is 6.61 Å². The Morgan fingerprint density at radius 1 is 1.08 bits per heavy atom. The molecule has 0 N–H and O–H groups in total. The lowest BCUT2D eigenvalue weighted by molar-refractivity contribution is -0.134. The van der Waals surface area contributed by atoms with Gasteiger partial charge in [0.1, 0.15) is 5.69 Å². The van der Waals surface area contributed by atoms with Crippen molar-refractivity contribution in [1.29, 1.82) is 0 Å². The molecule has 2 aromatic rings. The number of carbonyl (C=O) groups is 2. The number of halogens is 1. The molecular formula is C18H20ClN3O3. The first-order valence-electron chi connectivity index (χ1n) is 8.12. The van der Waals surface area contributed by atoms with E-state index < -0.39 is 5.97 Å². The van der Waals surface area contributed by atoms with E-state index in [1.807, 2.05) is 24.3 Å². The third-order valence-electron chi connectivity index (χ3n) is 4.31. The number of amides is 1. The monoisotopic (exact) mass is 361 g/mol. The molecule has 1 fully saturated rings. The normalized spacial score (nSPS) is 14.5. The van der Waals surface area contributed by atoms with E-state index in [4.69, 9.17) is 16.3 Å². The summed E-state index contributed by atoms with van der Waals surface area (Å²) in [6.07, 6.45) is 1.76. The molecule has 6 nitrogen and oxygen atoms in total. The van der Waals surface area contributed by atoms with Crippen molar-refractivity contribution in [3.63, 3.8) is 0 Å². The molecule has 25 heavy (non-hydrogen) atoms. The van der Waals surface area contributed by atoms with E-state index in [1.165, 1.54) is 0 Å². The molecule has 0 saturated carbocycles. The minimum atomic E-state index is -0.490. The fraction of sp³-hybridized carbons (Fsp3) is 0.333. The lowest BCUT2D eigenvalue weighted by Gasteiger charge is -2.36. The van der Waals surface area contributed by atoms with Crippen molar-refractivity contribution < 1.29 is 14.3 Å². The van der Waals surface area contributed by atoms with Gasteiger partial charge in [-0.1, -0.05) is 23.7 Å². The zero-order valence-electron chi connectivity index (χ0n) is 14.0. The number of benzene rings is 1. The number of hydrogen-bond acceptors (Lipinski definition) is 4. The number of piperazine rings is 1. The second kappa shape index (κ2) is 7.61. The van der Waals surface area contributed by atoms with Gasteiger partial charge in [-0.05, 0) is 24.3 Å². The van der Waals surface area contributed by atoms with Crippen LogP contribution < -0.4 is 4.90 Å². The summed E-state index contributed by atoms with van der Waals surface area (Å²) in [4.78, 5) is 28.1. The number of nitrogens with zero attached hydrogens (tertiary/aromatic N) is 3. The summed E-state index contributed by atoms with van der Waals surface area (Å²) in [6, 6.07) is 11.1. The molecule has 1 saturated heterocycles. The van der Waals surface area contributed by atoms with Gasteiger partial charge in [0.25, 0.3) is 5.91 Å². The number of esters is 1. The number of rotatable bonds is 4. The topological polar surface area (TPSA) is 54.8 Å². The Labute approximate surface area is 151 Å². The Morgan fingerprint density at radius 3 is 2.44 bits per heavy atom. The molecule has 1 aliphatic heterocycles. The third kappa shape index (κ3) is 3.96. The molecule has 1 aromatic heterocycles. The standard InChI is InChI=1S/C18H20ClN3O3/c1-20-8-4-7-16(20)18(24)25-13-17(23)22-11-9-21(10-12-22)15-6-3-2-5-14(15)19/h2-8H,9-13H2,1H3. The number of aromatic nitrogens is 1. The summed E-state index contributed by atoms with van der Waals surface area (Å²) in [5.41, 5.74) is 1.41. The molecule has 7 heteroatoms. The van der Waals surface area contributed by atoms with E-state index in [1.54, 1.807) is 34.8 Å². The van der Waals surface area contributed by atoms with Gasteiger partial charge in [-0.25, -0.2) is 4.79 Å². The minimum Gasteiger partial charge on any atom is -0.451 e. The Kier molecular flexibility index (Phi) is 5.28. The van der Waals surface area contributed by atoms with Crippen molar-refractivity contribution in [1.82, 2.24) is 9.47 Å². The first-order chi connectivity index (χ1) is 12.1. The Balaban J connectivity index is 1.49. The maximum atomic E-state index is 12.3. The molecule has 0 unspecified atom stereocenters. The minimum absolute atomic E-state index is 0.179. The lowest BCUT2D eigenvalue weighted by atomic mass is 10.2. The smallest absolute Gasteiger partial charge is 0.355 e. The fourth-order valence-corrected chi connectivity index (χ4v) is 3.13. The summed E-state index contributed by atoms with van der Waals surface area (Å²) in [5, 5.41) is 0.707. The van der Waals surface area contributed by atoms with Gasteiger partial charge in [0.05, 0.1) is 10.7 Å². The van der Waals surface area contributed by atoms with Gasteiger partial charge >= 0.3 is 5.97 Å². The van der Waals surface area contributed by atoms with Gasteiger partial charge in [0, 0.05) is 39.4 Å². The van der Waals surface area contributed by atoms with Crippen molar-refractivity contribution in [2.24, 2.45) is 7.05 Å². The molecule has 0 atom stereocenters. The summed E-state index contributed by atoms with van der Waals surface area (Å²) >= 11 is 6.22. The van der Waals surface area contributed by atoms with Gasteiger partial charge in [-0.2, -0.15) is 0 Å². The predicted octanol–water partition coefficient (Wildman–Crippen LogP) is 2.18. The summed E-state index contributed by atoms with van der Waals surface area (Å²) in [6.45, 7) is 2.30. The number of ether oxygens (including phenoxy) is 1. The molecule has 1 amide bonds. The van der Waals surface area contributed by atoms with Crippen molar-refractivity contribution >= 4 is 29.2 Å². The highest BCUT2D eigenvalue weighted by molar-refractivity contribution is 6.33. The molecule has 0 aliphatic carbocycles. The van der Waals surface area contributed by atoms with Gasteiger partial charge in [-0.3, -0.25) is 4.79 Å². The molecular weight excluding hydrogens is 342 g/mol. The Hall–Kier alpha value is -2.47. The first kappa shape index (κ1) is 17.4. The average molecular weight is 362 g/mol. The van der Waals surface area contributed by atoms with Crippen LogP contribution in [0, 0.1) is 0 Å². The average Bonchev–Trinajstić information content (AvgIpc) is 3.06. The molecule has 0 bridgehead atoms. The molecule has 1 aliphatic rings. The van der Waals surface area contributed by atoms with Crippen LogP contribution in [0.25, 0.3) is 0 Å². The number of anilines is 1. The number of hydrogen-bond donors (Lipinski definition) is 0. The highest BCUT2D eigenvalue weighted by Gasteiger charge is 2.23. The second-order valence-corrected chi connectivity index (χ2v) is 6.31. The zero-order valence-corrected chi connectivity index (χ0v) is 14.8. The largest absolute Gasteiger partial charge is 0.451 e. The highest BCUT2D eigenvalue weighted by atomic mass is 35.5. The molecule has 1 aromatic carbocycles. The van der Waals surface area contributed by atoms with Gasteiger partial charge < -0.3 is 19.1 Å². The predicted molar refractivity (Wildman–Crippen MR) is 95.9 cm³/mol. The van der Waals surface area contributed by atoms with Crippen molar-refractivity contribution in [2.75, 3.05) is 37.7 Å². The van der Waals surface area contributed by atoms with E-state index >= 15 is 0 Å².